The zero-order chi connectivity index (χ0) is 19.7. The molecule has 0 saturated heterocycles. The van der Waals surface area contributed by atoms with Crippen LogP contribution in [0.1, 0.15) is 41.5 Å². The highest BCUT2D eigenvalue weighted by atomic mass is 16.5. The fraction of sp³-hybridized carbons (Fsp3) is 0.286. The summed E-state index contributed by atoms with van der Waals surface area (Å²) in [6.45, 7) is 2.75. The van der Waals surface area contributed by atoms with Crippen molar-refractivity contribution in [2.24, 2.45) is 5.41 Å². The SMILES string of the molecule is COCc1ccc(NC(=O)c2nc(N)c3c(C=CC4(C)CC4)c[nH]c3n2)cc1. The molecule has 1 aliphatic carbocycles. The van der Waals surface area contributed by atoms with Crippen molar-refractivity contribution in [2.75, 3.05) is 18.2 Å². The minimum absolute atomic E-state index is 0.0255. The van der Waals surface area contributed by atoms with Gasteiger partial charge in [-0.2, -0.15) is 0 Å². The van der Waals surface area contributed by atoms with Crippen molar-refractivity contribution in [3.63, 3.8) is 0 Å². The molecule has 0 unspecified atom stereocenters. The Hall–Kier alpha value is -3.19. The Morgan fingerprint density at radius 3 is 2.75 bits per heavy atom. The molecule has 2 heterocycles. The summed E-state index contributed by atoms with van der Waals surface area (Å²) in [7, 11) is 1.64. The lowest BCUT2D eigenvalue weighted by molar-refractivity contribution is 0.101. The van der Waals surface area contributed by atoms with E-state index >= 15 is 0 Å². The van der Waals surface area contributed by atoms with Crippen molar-refractivity contribution in [2.45, 2.75) is 26.4 Å². The molecule has 1 aliphatic rings. The van der Waals surface area contributed by atoms with E-state index in [1.54, 1.807) is 7.11 Å². The number of nitrogens with zero attached hydrogens (tertiary/aromatic N) is 2. The van der Waals surface area contributed by atoms with E-state index < -0.39 is 5.91 Å². The Morgan fingerprint density at radius 1 is 1.32 bits per heavy atom. The van der Waals surface area contributed by atoms with Crippen LogP contribution in [-0.2, 0) is 11.3 Å². The first-order valence-electron chi connectivity index (χ1n) is 9.20. The Balaban J connectivity index is 1.55. The summed E-state index contributed by atoms with van der Waals surface area (Å²) in [5.41, 5.74) is 9.59. The van der Waals surface area contributed by atoms with Gasteiger partial charge in [-0.3, -0.25) is 4.79 Å². The molecule has 0 bridgehead atoms. The molecule has 1 aromatic carbocycles. The van der Waals surface area contributed by atoms with Crippen molar-refractivity contribution < 1.29 is 9.53 Å². The first kappa shape index (κ1) is 18.2. The Bertz CT molecular complexity index is 1050. The number of hydrogen-bond acceptors (Lipinski definition) is 5. The highest BCUT2D eigenvalue weighted by Gasteiger charge is 2.34. The average molecular weight is 377 g/mol. The van der Waals surface area contributed by atoms with Gasteiger partial charge >= 0.3 is 0 Å². The van der Waals surface area contributed by atoms with Crippen LogP contribution in [0.4, 0.5) is 11.5 Å². The van der Waals surface area contributed by atoms with Gasteiger partial charge in [0.1, 0.15) is 11.5 Å². The molecule has 0 aliphatic heterocycles. The van der Waals surface area contributed by atoms with Crippen LogP contribution in [-0.4, -0.2) is 28.0 Å². The molecular weight excluding hydrogens is 354 g/mol. The molecular formula is C21H23N5O2. The number of H-pyrrole nitrogens is 1. The van der Waals surface area contributed by atoms with Gasteiger partial charge in [0.15, 0.2) is 0 Å². The molecule has 0 spiro atoms. The summed E-state index contributed by atoms with van der Waals surface area (Å²) in [4.78, 5) is 24.2. The quantitative estimate of drug-likeness (QED) is 0.606. The normalized spacial score (nSPS) is 15.2. The minimum Gasteiger partial charge on any atom is -0.383 e. The van der Waals surface area contributed by atoms with E-state index in [0.717, 1.165) is 16.5 Å². The Kier molecular flexibility index (Phi) is 4.60. The Morgan fingerprint density at radius 2 is 2.07 bits per heavy atom. The maximum Gasteiger partial charge on any atom is 0.293 e. The van der Waals surface area contributed by atoms with Crippen LogP contribution >= 0.6 is 0 Å². The van der Waals surface area contributed by atoms with Crippen molar-refractivity contribution in [3.05, 3.63) is 53.5 Å². The van der Waals surface area contributed by atoms with Crippen LogP contribution in [0.2, 0.25) is 0 Å². The van der Waals surface area contributed by atoms with E-state index in [1.807, 2.05) is 36.5 Å². The van der Waals surface area contributed by atoms with E-state index in [1.165, 1.54) is 12.8 Å². The average Bonchev–Trinajstić information content (AvgIpc) is 3.26. The number of nitrogen functional groups attached to an aromatic ring is 1. The topological polar surface area (TPSA) is 106 Å². The zero-order valence-corrected chi connectivity index (χ0v) is 16.0. The lowest BCUT2D eigenvalue weighted by atomic mass is 10.1. The number of benzene rings is 1. The zero-order valence-electron chi connectivity index (χ0n) is 16.0. The fourth-order valence-electron chi connectivity index (χ4n) is 3.01. The number of carbonyl (C=O) groups excluding carboxylic acids is 1. The number of carbonyl (C=O) groups is 1. The number of allylic oxidation sites excluding steroid dienone is 1. The first-order chi connectivity index (χ1) is 13.5. The third kappa shape index (κ3) is 3.75. The van der Waals surface area contributed by atoms with Gasteiger partial charge in [0.2, 0.25) is 5.82 Å². The van der Waals surface area contributed by atoms with Crippen molar-refractivity contribution in [1.29, 1.82) is 0 Å². The number of ether oxygens (including phenoxy) is 1. The van der Waals surface area contributed by atoms with Crippen LogP contribution in [0, 0.1) is 5.41 Å². The second kappa shape index (κ2) is 7.09. The highest BCUT2D eigenvalue weighted by molar-refractivity contribution is 6.04. The van der Waals surface area contributed by atoms with E-state index in [0.29, 0.717) is 17.9 Å². The summed E-state index contributed by atoms with van der Waals surface area (Å²) < 4.78 is 5.08. The number of aromatic amines is 1. The van der Waals surface area contributed by atoms with Crippen LogP contribution in [0.5, 0.6) is 0 Å². The molecule has 28 heavy (non-hydrogen) atoms. The number of fused-ring (bicyclic) bond motifs is 1. The molecule has 3 aromatic rings. The van der Waals surface area contributed by atoms with Gasteiger partial charge < -0.3 is 20.8 Å². The summed E-state index contributed by atoms with van der Waals surface area (Å²) in [6.07, 6.45) is 8.49. The number of methoxy groups -OCH3 is 1. The number of aromatic nitrogens is 3. The van der Waals surface area contributed by atoms with E-state index in [4.69, 9.17) is 10.5 Å². The van der Waals surface area contributed by atoms with Gasteiger partial charge in [-0.1, -0.05) is 31.2 Å². The van der Waals surface area contributed by atoms with Crippen LogP contribution < -0.4 is 11.1 Å². The molecule has 4 N–H and O–H groups in total. The number of nitrogens with one attached hydrogen (secondary N) is 2. The van der Waals surface area contributed by atoms with Gasteiger partial charge in [-0.25, -0.2) is 9.97 Å². The molecule has 1 amide bonds. The Labute approximate surface area is 163 Å². The number of anilines is 2. The van der Waals surface area contributed by atoms with Crippen LogP contribution in [0.3, 0.4) is 0 Å². The van der Waals surface area contributed by atoms with E-state index in [2.05, 4.69) is 33.3 Å². The van der Waals surface area contributed by atoms with Crippen LogP contribution in [0.25, 0.3) is 17.1 Å². The summed E-state index contributed by atoms with van der Waals surface area (Å²) in [5.74, 6) is -0.102. The van der Waals surface area contributed by atoms with Gasteiger partial charge in [0, 0.05) is 24.6 Å². The molecule has 144 valence electrons. The van der Waals surface area contributed by atoms with E-state index in [-0.39, 0.29) is 17.1 Å². The maximum atomic E-state index is 12.5. The standard InChI is InChI=1S/C21H23N5O2/c1-21(9-10-21)8-7-14-11-23-18-16(14)17(22)25-19(26-18)20(27)24-15-5-3-13(4-6-15)12-28-2/h3-8,11H,9-10,12H2,1-2H3,(H,24,27)(H3,22,23,25,26). The second-order valence-corrected chi connectivity index (χ2v) is 7.47. The summed E-state index contributed by atoms with van der Waals surface area (Å²) in [6, 6.07) is 7.40. The molecule has 2 aromatic heterocycles. The van der Waals surface area contributed by atoms with Gasteiger partial charge in [0.25, 0.3) is 5.91 Å². The first-order valence-corrected chi connectivity index (χ1v) is 9.20. The molecule has 7 heteroatoms. The fourth-order valence-corrected chi connectivity index (χ4v) is 3.01. The molecule has 1 fully saturated rings. The third-order valence-electron chi connectivity index (χ3n) is 5.02. The molecule has 1 saturated carbocycles. The molecule has 4 rings (SSSR count). The summed E-state index contributed by atoms with van der Waals surface area (Å²) >= 11 is 0. The number of rotatable bonds is 6. The predicted molar refractivity (Wildman–Crippen MR) is 110 cm³/mol. The lowest BCUT2D eigenvalue weighted by Gasteiger charge is -2.07. The number of nitrogens with two attached hydrogens (primary N) is 1. The monoisotopic (exact) mass is 377 g/mol. The molecule has 0 atom stereocenters. The smallest absolute Gasteiger partial charge is 0.293 e. The predicted octanol–water partition coefficient (Wildman–Crippen LogP) is 3.75. The largest absolute Gasteiger partial charge is 0.383 e. The van der Waals surface area contributed by atoms with Crippen molar-refractivity contribution >= 4 is 34.5 Å². The minimum atomic E-state index is -0.412. The van der Waals surface area contributed by atoms with Crippen molar-refractivity contribution in [3.8, 4) is 0 Å². The maximum absolute atomic E-state index is 12.5. The molecule has 0 radical (unpaired) electrons. The van der Waals surface area contributed by atoms with Crippen LogP contribution in [0.15, 0.2) is 36.5 Å². The second-order valence-electron chi connectivity index (χ2n) is 7.47. The highest BCUT2D eigenvalue weighted by Crippen LogP contribution is 2.46. The van der Waals surface area contributed by atoms with Gasteiger partial charge in [-0.15, -0.1) is 0 Å². The lowest BCUT2D eigenvalue weighted by Crippen LogP contribution is -2.16. The van der Waals surface area contributed by atoms with E-state index in [9.17, 15) is 4.79 Å². The van der Waals surface area contributed by atoms with Crippen molar-refractivity contribution in [1.82, 2.24) is 15.0 Å². The number of hydrogen-bond donors (Lipinski definition) is 3. The third-order valence-corrected chi connectivity index (χ3v) is 5.02. The van der Waals surface area contributed by atoms with Gasteiger partial charge in [0.05, 0.1) is 12.0 Å². The van der Waals surface area contributed by atoms with Gasteiger partial charge in [-0.05, 0) is 36.0 Å². The summed E-state index contributed by atoms with van der Waals surface area (Å²) in [5, 5.41) is 3.53. The molecule has 7 nitrogen and oxygen atoms in total. The number of amides is 1.